The Kier molecular flexibility index (Phi) is 9.64. The summed E-state index contributed by atoms with van der Waals surface area (Å²) in [4.78, 5) is 10.3. The highest BCUT2D eigenvalue weighted by atomic mass is 14.7. The maximum Gasteiger partial charge on any atom is 0.100 e. The Morgan fingerprint density at radius 2 is 0.650 bits per heavy atom. The summed E-state index contributed by atoms with van der Waals surface area (Å²) in [6.45, 7) is 0. The van der Waals surface area contributed by atoms with Crippen molar-refractivity contribution in [2.24, 2.45) is 0 Å². The minimum atomic E-state index is 0.653. The molecule has 0 N–H and O–H groups in total. The van der Waals surface area contributed by atoms with E-state index in [1.54, 1.807) is 0 Å². The van der Waals surface area contributed by atoms with Crippen molar-refractivity contribution < 1.29 is 0 Å². The van der Waals surface area contributed by atoms with Crippen molar-refractivity contribution >= 4 is 10.8 Å². The molecule has 10 aromatic rings. The number of hydrogen-bond acceptors (Lipinski definition) is 3. The lowest BCUT2D eigenvalue weighted by Gasteiger charge is -2.17. The van der Waals surface area contributed by atoms with Crippen molar-refractivity contribution in [3.63, 3.8) is 0 Å². The highest BCUT2D eigenvalue weighted by Gasteiger charge is 2.18. The van der Waals surface area contributed by atoms with E-state index in [9.17, 15) is 5.26 Å². The van der Waals surface area contributed by atoms with Gasteiger partial charge in [-0.05, 0) is 74.7 Å². The molecule has 0 bridgehead atoms. The molecular formula is C57H37N3. The lowest BCUT2D eigenvalue weighted by Crippen LogP contribution is -1.94. The first-order valence-electron chi connectivity index (χ1n) is 20.1. The van der Waals surface area contributed by atoms with Crippen LogP contribution in [0.3, 0.4) is 0 Å². The number of fused-ring (bicyclic) bond motifs is 1. The minimum absolute atomic E-state index is 0.653. The number of nitriles is 1. The highest BCUT2D eigenvalue weighted by molar-refractivity contribution is 6.02. The summed E-state index contributed by atoms with van der Waals surface area (Å²) in [5, 5.41) is 12.8. The minimum Gasteiger partial charge on any atom is -0.248 e. The van der Waals surface area contributed by atoms with Gasteiger partial charge >= 0.3 is 0 Å². The summed E-state index contributed by atoms with van der Waals surface area (Å²) in [6.07, 6.45) is 0. The van der Waals surface area contributed by atoms with E-state index in [-0.39, 0.29) is 0 Å². The lowest BCUT2D eigenvalue weighted by molar-refractivity contribution is 1.32. The average molecular weight is 764 g/mol. The topological polar surface area (TPSA) is 49.6 Å². The van der Waals surface area contributed by atoms with Crippen molar-refractivity contribution in [3.8, 4) is 95.6 Å². The van der Waals surface area contributed by atoms with Crippen LogP contribution in [-0.2, 0) is 0 Å². The quantitative estimate of drug-likeness (QED) is 0.155. The van der Waals surface area contributed by atoms with Crippen molar-refractivity contribution in [1.29, 1.82) is 5.26 Å². The lowest BCUT2D eigenvalue weighted by atomic mass is 9.86. The van der Waals surface area contributed by atoms with Gasteiger partial charge in [-0.3, -0.25) is 0 Å². The summed E-state index contributed by atoms with van der Waals surface area (Å²) in [6, 6.07) is 80.3. The van der Waals surface area contributed by atoms with Gasteiger partial charge in [0, 0.05) is 33.2 Å². The fourth-order valence-corrected chi connectivity index (χ4v) is 8.08. The molecule has 8 aromatic carbocycles. The van der Waals surface area contributed by atoms with Crippen molar-refractivity contribution in [3.05, 3.63) is 230 Å². The zero-order chi connectivity index (χ0) is 40.3. The van der Waals surface area contributed by atoms with Gasteiger partial charge in [-0.2, -0.15) is 5.26 Å². The van der Waals surface area contributed by atoms with Crippen molar-refractivity contribution in [2.75, 3.05) is 0 Å². The Balaban J connectivity index is 1.07. The van der Waals surface area contributed by atoms with E-state index in [0.29, 0.717) is 5.56 Å². The molecule has 2 heterocycles. The van der Waals surface area contributed by atoms with Crippen LogP contribution >= 0.6 is 0 Å². The largest absolute Gasteiger partial charge is 0.248 e. The van der Waals surface area contributed by atoms with E-state index in [4.69, 9.17) is 9.97 Å². The predicted octanol–water partition coefficient (Wildman–Crippen LogP) is 14.8. The maximum absolute atomic E-state index is 10.8. The molecule has 0 unspecified atom stereocenters. The zero-order valence-electron chi connectivity index (χ0n) is 32.7. The first kappa shape index (κ1) is 36.2. The van der Waals surface area contributed by atoms with Gasteiger partial charge < -0.3 is 0 Å². The van der Waals surface area contributed by atoms with Gasteiger partial charge in [-0.25, -0.2) is 9.97 Å². The SMILES string of the molecule is N#Cc1c(-c2ccc(-c3cc(-c4ccccc4)cc(-c4ccccc4)n3)cc2)c(-c2ccc(-c3cc(-c4ccccc4)cc(-c4ccccc4)n3)cc2)cc2ccccc12. The zero-order valence-corrected chi connectivity index (χ0v) is 32.7. The van der Waals surface area contributed by atoms with E-state index >= 15 is 0 Å². The second-order valence-electron chi connectivity index (χ2n) is 14.9. The molecule has 0 amide bonds. The first-order valence-corrected chi connectivity index (χ1v) is 20.1. The number of aromatic nitrogens is 2. The Labute approximate surface area is 350 Å². The van der Waals surface area contributed by atoms with E-state index in [0.717, 1.165) is 100 Å². The second kappa shape index (κ2) is 16.0. The van der Waals surface area contributed by atoms with Crippen LogP contribution in [0.4, 0.5) is 0 Å². The summed E-state index contributed by atoms with van der Waals surface area (Å²) in [7, 11) is 0. The molecule has 10 rings (SSSR count). The fraction of sp³-hybridized carbons (Fsp3) is 0. The molecule has 3 heteroatoms. The molecular weight excluding hydrogens is 727 g/mol. The average Bonchev–Trinajstić information content (AvgIpc) is 3.34. The number of hydrogen-bond donors (Lipinski definition) is 0. The number of nitrogens with zero attached hydrogens (tertiary/aromatic N) is 3. The molecule has 2 aromatic heterocycles. The van der Waals surface area contributed by atoms with Gasteiger partial charge in [0.05, 0.1) is 28.3 Å². The fourth-order valence-electron chi connectivity index (χ4n) is 8.08. The third-order valence-electron chi connectivity index (χ3n) is 11.1. The van der Waals surface area contributed by atoms with Crippen LogP contribution in [0, 0.1) is 11.3 Å². The molecule has 0 spiro atoms. The smallest absolute Gasteiger partial charge is 0.100 e. The van der Waals surface area contributed by atoms with E-state index < -0.39 is 0 Å². The van der Waals surface area contributed by atoms with E-state index in [1.165, 1.54) is 0 Å². The molecule has 0 saturated heterocycles. The Hall–Kier alpha value is -8.19. The standard InChI is InChI=1S/C57H37N3/c58-38-52-50-24-14-13-23-47(50)33-51(41-25-27-44(28-26-41)55-36-48(39-15-5-1-6-16-39)34-53(59-55)42-19-9-3-10-20-42)57(52)46-31-29-45(30-32-46)56-37-49(40-17-7-2-8-18-40)35-54(60-56)43-21-11-4-12-22-43/h1-37H. The van der Waals surface area contributed by atoms with Crippen LogP contribution in [0.5, 0.6) is 0 Å². The van der Waals surface area contributed by atoms with Crippen LogP contribution in [0.25, 0.3) is 100 Å². The Morgan fingerprint density at radius 1 is 0.300 bits per heavy atom. The first-order chi connectivity index (χ1) is 29.7. The van der Waals surface area contributed by atoms with Crippen LogP contribution in [-0.4, -0.2) is 9.97 Å². The van der Waals surface area contributed by atoms with Crippen molar-refractivity contribution in [2.45, 2.75) is 0 Å². The third kappa shape index (κ3) is 7.15. The van der Waals surface area contributed by atoms with Crippen LogP contribution in [0.2, 0.25) is 0 Å². The summed E-state index contributed by atoms with van der Waals surface area (Å²) >= 11 is 0. The molecule has 3 nitrogen and oxygen atoms in total. The van der Waals surface area contributed by atoms with Crippen LogP contribution in [0.1, 0.15) is 5.56 Å². The summed E-state index contributed by atoms with van der Waals surface area (Å²) in [5.41, 5.74) is 16.8. The van der Waals surface area contributed by atoms with Gasteiger partial charge in [0.1, 0.15) is 6.07 Å². The number of benzene rings is 8. The molecule has 0 fully saturated rings. The van der Waals surface area contributed by atoms with Crippen molar-refractivity contribution in [1.82, 2.24) is 9.97 Å². The van der Waals surface area contributed by atoms with Crippen LogP contribution in [0.15, 0.2) is 224 Å². The molecule has 0 aliphatic carbocycles. The third-order valence-corrected chi connectivity index (χ3v) is 11.1. The van der Waals surface area contributed by atoms with Gasteiger partial charge in [0.25, 0.3) is 0 Å². The van der Waals surface area contributed by atoms with Gasteiger partial charge in [0.2, 0.25) is 0 Å². The molecule has 280 valence electrons. The predicted molar refractivity (Wildman–Crippen MR) is 248 cm³/mol. The molecule has 0 atom stereocenters. The Morgan fingerprint density at radius 3 is 1.08 bits per heavy atom. The molecule has 0 aliphatic heterocycles. The summed E-state index contributed by atoms with van der Waals surface area (Å²) in [5.74, 6) is 0. The molecule has 0 saturated carbocycles. The number of rotatable bonds is 8. The molecule has 0 radical (unpaired) electrons. The van der Waals surface area contributed by atoms with Gasteiger partial charge in [0.15, 0.2) is 0 Å². The van der Waals surface area contributed by atoms with Crippen LogP contribution < -0.4 is 0 Å². The molecule has 0 aliphatic rings. The summed E-state index contributed by atoms with van der Waals surface area (Å²) < 4.78 is 0. The molecule has 60 heavy (non-hydrogen) atoms. The Bertz CT molecular complexity index is 3040. The van der Waals surface area contributed by atoms with E-state index in [2.05, 4.69) is 164 Å². The highest BCUT2D eigenvalue weighted by Crippen LogP contribution is 2.41. The van der Waals surface area contributed by atoms with Gasteiger partial charge in [-0.1, -0.05) is 194 Å². The van der Waals surface area contributed by atoms with Gasteiger partial charge in [-0.15, -0.1) is 0 Å². The normalized spacial score (nSPS) is 11.0. The monoisotopic (exact) mass is 763 g/mol. The maximum atomic E-state index is 10.8. The van der Waals surface area contributed by atoms with E-state index in [1.807, 2.05) is 66.7 Å². The number of pyridine rings is 2. The second-order valence-corrected chi connectivity index (χ2v) is 14.9.